The van der Waals surface area contributed by atoms with Crippen LogP contribution in [-0.4, -0.2) is 11.0 Å². The van der Waals surface area contributed by atoms with Gasteiger partial charge < -0.3 is 10.4 Å². The standard InChI is InChI=1S/C17H20N2O2/c1-17(2,3)13-6-8-14(9-7-13)18-16(21)12-19-10-4-5-15(20)11-19/h4-11H,12H2,1-3H3,(H-,18,20,21)/p+1. The minimum atomic E-state index is -0.130. The molecule has 0 saturated heterocycles. The second-order valence-electron chi connectivity index (χ2n) is 6.11. The molecule has 2 aromatic rings. The Morgan fingerprint density at radius 1 is 1.19 bits per heavy atom. The van der Waals surface area contributed by atoms with Gasteiger partial charge in [-0.1, -0.05) is 32.9 Å². The fourth-order valence-corrected chi connectivity index (χ4v) is 2.03. The minimum Gasteiger partial charge on any atom is -0.503 e. The number of nitrogens with zero attached hydrogens (tertiary/aromatic N) is 1. The molecule has 0 aliphatic carbocycles. The van der Waals surface area contributed by atoms with Crippen molar-refractivity contribution in [1.29, 1.82) is 0 Å². The second-order valence-corrected chi connectivity index (χ2v) is 6.11. The Bertz CT molecular complexity index is 628. The van der Waals surface area contributed by atoms with E-state index in [2.05, 4.69) is 26.1 Å². The number of anilines is 1. The Morgan fingerprint density at radius 3 is 2.43 bits per heavy atom. The van der Waals surface area contributed by atoms with Gasteiger partial charge in [0.25, 0.3) is 5.91 Å². The van der Waals surface area contributed by atoms with Gasteiger partial charge in [0.1, 0.15) is 0 Å². The molecule has 0 saturated carbocycles. The normalized spacial score (nSPS) is 11.2. The number of benzene rings is 1. The highest BCUT2D eigenvalue weighted by molar-refractivity contribution is 5.89. The van der Waals surface area contributed by atoms with Gasteiger partial charge in [-0.15, -0.1) is 0 Å². The number of aromatic hydroxyl groups is 1. The van der Waals surface area contributed by atoms with Crippen molar-refractivity contribution in [2.24, 2.45) is 0 Å². The lowest BCUT2D eigenvalue weighted by molar-refractivity contribution is -0.684. The molecule has 1 aromatic heterocycles. The average Bonchev–Trinajstić information content (AvgIpc) is 2.38. The quantitative estimate of drug-likeness (QED) is 0.852. The van der Waals surface area contributed by atoms with E-state index in [1.807, 2.05) is 24.3 Å². The molecule has 2 N–H and O–H groups in total. The molecule has 1 aromatic carbocycles. The first-order valence-electron chi connectivity index (χ1n) is 6.93. The van der Waals surface area contributed by atoms with Crippen molar-refractivity contribution in [3.05, 3.63) is 54.4 Å². The van der Waals surface area contributed by atoms with E-state index in [-0.39, 0.29) is 23.6 Å². The third-order valence-corrected chi connectivity index (χ3v) is 3.20. The summed E-state index contributed by atoms with van der Waals surface area (Å²) in [5, 5.41) is 12.2. The highest BCUT2D eigenvalue weighted by Crippen LogP contribution is 2.23. The lowest BCUT2D eigenvalue weighted by Crippen LogP contribution is -2.39. The van der Waals surface area contributed by atoms with Crippen molar-refractivity contribution < 1.29 is 14.5 Å². The molecule has 0 unspecified atom stereocenters. The van der Waals surface area contributed by atoms with E-state index < -0.39 is 0 Å². The van der Waals surface area contributed by atoms with Crippen molar-refractivity contribution in [2.75, 3.05) is 5.32 Å². The van der Waals surface area contributed by atoms with Crippen LogP contribution in [0.1, 0.15) is 26.3 Å². The molecule has 0 radical (unpaired) electrons. The summed E-state index contributed by atoms with van der Waals surface area (Å²) >= 11 is 0. The van der Waals surface area contributed by atoms with Crippen LogP contribution >= 0.6 is 0 Å². The molecule has 4 heteroatoms. The molecule has 21 heavy (non-hydrogen) atoms. The molecule has 1 amide bonds. The van der Waals surface area contributed by atoms with E-state index in [1.54, 1.807) is 22.9 Å². The lowest BCUT2D eigenvalue weighted by atomic mass is 9.87. The number of aromatic nitrogens is 1. The molecule has 0 aliphatic rings. The van der Waals surface area contributed by atoms with E-state index in [9.17, 15) is 9.90 Å². The summed E-state index contributed by atoms with van der Waals surface area (Å²) in [6, 6.07) is 11.1. The molecule has 0 spiro atoms. The van der Waals surface area contributed by atoms with E-state index in [1.165, 1.54) is 11.8 Å². The number of hydrogen-bond donors (Lipinski definition) is 2. The van der Waals surface area contributed by atoms with E-state index in [0.717, 1.165) is 5.69 Å². The van der Waals surface area contributed by atoms with Crippen LogP contribution in [0.15, 0.2) is 48.8 Å². The fraction of sp³-hybridized carbons (Fsp3) is 0.294. The molecule has 1 heterocycles. The van der Waals surface area contributed by atoms with Crippen LogP contribution in [0.25, 0.3) is 0 Å². The Hall–Kier alpha value is -2.36. The van der Waals surface area contributed by atoms with Gasteiger partial charge in [0.05, 0.1) is 0 Å². The highest BCUT2D eigenvalue weighted by atomic mass is 16.3. The van der Waals surface area contributed by atoms with Gasteiger partial charge in [-0.3, -0.25) is 4.79 Å². The summed E-state index contributed by atoms with van der Waals surface area (Å²) in [6.07, 6.45) is 3.25. The number of rotatable bonds is 3. The number of pyridine rings is 1. The Kier molecular flexibility index (Phi) is 4.26. The first kappa shape index (κ1) is 15.0. The third-order valence-electron chi connectivity index (χ3n) is 3.20. The summed E-state index contributed by atoms with van der Waals surface area (Å²) in [5.41, 5.74) is 2.09. The number of amides is 1. The van der Waals surface area contributed by atoms with Gasteiger partial charge in [-0.05, 0) is 29.2 Å². The van der Waals surface area contributed by atoms with Crippen LogP contribution in [0.3, 0.4) is 0 Å². The molecule has 0 bridgehead atoms. The monoisotopic (exact) mass is 285 g/mol. The van der Waals surface area contributed by atoms with Crippen LogP contribution in [0.2, 0.25) is 0 Å². The van der Waals surface area contributed by atoms with Gasteiger partial charge in [0, 0.05) is 11.8 Å². The zero-order chi connectivity index (χ0) is 15.5. The van der Waals surface area contributed by atoms with Crippen molar-refractivity contribution in [3.63, 3.8) is 0 Å². The van der Waals surface area contributed by atoms with Crippen LogP contribution in [0.5, 0.6) is 5.75 Å². The minimum absolute atomic E-state index is 0.0972. The van der Waals surface area contributed by atoms with Crippen LogP contribution in [-0.2, 0) is 16.8 Å². The molecule has 0 aliphatic heterocycles. The zero-order valence-electron chi connectivity index (χ0n) is 12.6. The summed E-state index contributed by atoms with van der Waals surface area (Å²) in [5.74, 6) is 0.00828. The Labute approximate surface area is 125 Å². The Balaban J connectivity index is 2.00. The van der Waals surface area contributed by atoms with Crippen LogP contribution in [0, 0.1) is 0 Å². The molecular formula is C17H21N2O2+. The molecule has 0 atom stereocenters. The zero-order valence-corrected chi connectivity index (χ0v) is 12.6. The molecule has 2 rings (SSSR count). The summed E-state index contributed by atoms with van der Waals surface area (Å²) in [4.78, 5) is 12.0. The smallest absolute Gasteiger partial charge is 0.290 e. The molecular weight excluding hydrogens is 264 g/mol. The predicted octanol–water partition coefficient (Wildman–Crippen LogP) is 2.62. The first-order valence-corrected chi connectivity index (χ1v) is 6.93. The summed E-state index contributed by atoms with van der Waals surface area (Å²) < 4.78 is 1.63. The maximum atomic E-state index is 12.0. The topological polar surface area (TPSA) is 53.2 Å². The van der Waals surface area contributed by atoms with Crippen molar-refractivity contribution in [3.8, 4) is 5.75 Å². The van der Waals surface area contributed by atoms with Crippen LogP contribution < -0.4 is 9.88 Å². The lowest BCUT2D eigenvalue weighted by Gasteiger charge is -2.19. The van der Waals surface area contributed by atoms with E-state index in [4.69, 9.17) is 0 Å². The number of carbonyl (C=O) groups excluding carboxylic acids is 1. The highest BCUT2D eigenvalue weighted by Gasteiger charge is 2.14. The number of hydrogen-bond acceptors (Lipinski definition) is 2. The fourth-order valence-electron chi connectivity index (χ4n) is 2.03. The van der Waals surface area contributed by atoms with Crippen molar-refractivity contribution in [2.45, 2.75) is 32.7 Å². The number of carbonyl (C=O) groups is 1. The number of nitrogens with one attached hydrogen (secondary N) is 1. The van der Waals surface area contributed by atoms with Gasteiger partial charge in [0.15, 0.2) is 11.9 Å². The predicted molar refractivity (Wildman–Crippen MR) is 82.1 cm³/mol. The maximum Gasteiger partial charge on any atom is 0.290 e. The first-order chi connectivity index (χ1) is 9.84. The van der Waals surface area contributed by atoms with Gasteiger partial charge in [-0.2, -0.15) is 4.57 Å². The summed E-state index contributed by atoms with van der Waals surface area (Å²) in [7, 11) is 0. The maximum absolute atomic E-state index is 12.0. The molecule has 0 fully saturated rings. The van der Waals surface area contributed by atoms with Gasteiger partial charge >= 0.3 is 0 Å². The van der Waals surface area contributed by atoms with Gasteiger partial charge in [0.2, 0.25) is 12.7 Å². The van der Waals surface area contributed by atoms with Crippen molar-refractivity contribution in [1.82, 2.24) is 0 Å². The average molecular weight is 285 g/mol. The second kappa shape index (κ2) is 5.95. The molecule has 110 valence electrons. The van der Waals surface area contributed by atoms with E-state index >= 15 is 0 Å². The Morgan fingerprint density at radius 2 is 1.86 bits per heavy atom. The molecule has 4 nitrogen and oxygen atoms in total. The van der Waals surface area contributed by atoms with Gasteiger partial charge in [-0.25, -0.2) is 0 Å². The van der Waals surface area contributed by atoms with Crippen LogP contribution in [0.4, 0.5) is 5.69 Å². The SMILES string of the molecule is CC(C)(C)c1ccc(NC(=O)C[n+]2cccc(O)c2)cc1. The summed E-state index contributed by atoms with van der Waals surface area (Å²) in [6.45, 7) is 6.62. The van der Waals surface area contributed by atoms with Crippen molar-refractivity contribution >= 4 is 11.6 Å². The largest absolute Gasteiger partial charge is 0.503 e. The third kappa shape index (κ3) is 4.31. The van der Waals surface area contributed by atoms with E-state index in [0.29, 0.717) is 0 Å².